The Labute approximate surface area is 79.7 Å². The summed E-state index contributed by atoms with van der Waals surface area (Å²) in [6.45, 7) is 1.66. The van der Waals surface area contributed by atoms with Gasteiger partial charge in [0, 0.05) is 0 Å². The maximum Gasteiger partial charge on any atom is 0.351 e. The number of rotatable bonds is 2. The van der Waals surface area contributed by atoms with Gasteiger partial charge in [-0.3, -0.25) is 0 Å². The molecule has 0 saturated carbocycles. The SMILES string of the molecule is C#CCOC(=O)c1sc(N)nc1C. The van der Waals surface area contributed by atoms with E-state index < -0.39 is 5.97 Å². The van der Waals surface area contributed by atoms with E-state index in [0.717, 1.165) is 11.3 Å². The van der Waals surface area contributed by atoms with Gasteiger partial charge in [-0.15, -0.1) is 6.42 Å². The standard InChI is InChI=1S/C8H8N2O2S/c1-3-4-12-7(11)6-5(2)10-8(9)13-6/h1H,4H2,2H3,(H2,9,10). The van der Waals surface area contributed by atoms with E-state index in [4.69, 9.17) is 16.9 Å². The van der Waals surface area contributed by atoms with Gasteiger partial charge in [0.15, 0.2) is 11.7 Å². The summed E-state index contributed by atoms with van der Waals surface area (Å²) in [5, 5.41) is 0.352. The Morgan fingerprint density at radius 2 is 2.54 bits per heavy atom. The number of hydrogen-bond donors (Lipinski definition) is 1. The van der Waals surface area contributed by atoms with Crippen LogP contribution in [0.2, 0.25) is 0 Å². The second-order valence-corrected chi connectivity index (χ2v) is 3.28. The van der Waals surface area contributed by atoms with Gasteiger partial charge in [-0.2, -0.15) is 0 Å². The number of nitrogens with two attached hydrogens (primary N) is 1. The number of nitrogens with zero attached hydrogens (tertiary/aromatic N) is 1. The van der Waals surface area contributed by atoms with Crippen molar-refractivity contribution in [2.45, 2.75) is 6.92 Å². The first-order valence-electron chi connectivity index (χ1n) is 3.48. The average molecular weight is 196 g/mol. The summed E-state index contributed by atoms with van der Waals surface area (Å²) < 4.78 is 4.71. The maximum absolute atomic E-state index is 11.2. The number of nitrogen functional groups attached to an aromatic ring is 1. The highest BCUT2D eigenvalue weighted by Gasteiger charge is 2.14. The molecule has 0 unspecified atom stereocenters. The number of thiazole rings is 1. The number of esters is 1. The third-order valence-corrected chi connectivity index (χ3v) is 2.25. The highest BCUT2D eigenvalue weighted by atomic mass is 32.1. The second-order valence-electron chi connectivity index (χ2n) is 2.25. The van der Waals surface area contributed by atoms with Crippen LogP contribution in [0.15, 0.2) is 0 Å². The average Bonchev–Trinajstić information content (AvgIpc) is 2.41. The lowest BCUT2D eigenvalue weighted by atomic mass is 10.4. The van der Waals surface area contributed by atoms with Gasteiger partial charge in [-0.25, -0.2) is 9.78 Å². The van der Waals surface area contributed by atoms with Crippen molar-refractivity contribution in [3.05, 3.63) is 10.6 Å². The quantitative estimate of drug-likeness (QED) is 0.562. The minimum Gasteiger partial charge on any atom is -0.448 e. The zero-order valence-electron chi connectivity index (χ0n) is 7.03. The summed E-state index contributed by atoms with van der Waals surface area (Å²) in [6.07, 6.45) is 4.93. The topological polar surface area (TPSA) is 65.2 Å². The highest BCUT2D eigenvalue weighted by Crippen LogP contribution is 2.20. The Kier molecular flexibility index (Phi) is 2.88. The molecule has 0 spiro atoms. The highest BCUT2D eigenvalue weighted by molar-refractivity contribution is 7.17. The zero-order valence-corrected chi connectivity index (χ0v) is 7.85. The molecule has 1 heterocycles. The molecule has 1 rings (SSSR count). The van der Waals surface area contributed by atoms with Crippen molar-refractivity contribution >= 4 is 22.4 Å². The van der Waals surface area contributed by atoms with E-state index >= 15 is 0 Å². The molecule has 68 valence electrons. The van der Waals surface area contributed by atoms with Crippen molar-refractivity contribution < 1.29 is 9.53 Å². The van der Waals surface area contributed by atoms with E-state index in [1.54, 1.807) is 6.92 Å². The van der Waals surface area contributed by atoms with E-state index in [1.165, 1.54) is 0 Å². The Hall–Kier alpha value is -1.54. The van der Waals surface area contributed by atoms with Gasteiger partial charge < -0.3 is 10.5 Å². The Balaban J connectivity index is 2.78. The molecule has 0 saturated heterocycles. The van der Waals surface area contributed by atoms with E-state index in [1.807, 2.05) is 0 Å². The summed E-state index contributed by atoms with van der Waals surface area (Å²) in [5.41, 5.74) is 5.98. The molecule has 0 fully saturated rings. The van der Waals surface area contributed by atoms with Gasteiger partial charge in [0.1, 0.15) is 4.88 Å². The normalized spacial score (nSPS) is 9.23. The van der Waals surface area contributed by atoms with Crippen molar-refractivity contribution in [3.8, 4) is 12.3 Å². The Bertz CT molecular complexity index is 365. The van der Waals surface area contributed by atoms with Crippen LogP contribution in [0.25, 0.3) is 0 Å². The molecule has 1 aromatic heterocycles. The monoisotopic (exact) mass is 196 g/mol. The maximum atomic E-state index is 11.2. The van der Waals surface area contributed by atoms with Crippen molar-refractivity contribution in [1.82, 2.24) is 4.98 Å². The van der Waals surface area contributed by atoms with Crippen LogP contribution >= 0.6 is 11.3 Å². The van der Waals surface area contributed by atoms with Crippen molar-refractivity contribution in [3.63, 3.8) is 0 Å². The van der Waals surface area contributed by atoms with Crippen LogP contribution < -0.4 is 5.73 Å². The lowest BCUT2D eigenvalue weighted by Gasteiger charge is -1.96. The molecule has 0 atom stereocenters. The largest absolute Gasteiger partial charge is 0.448 e. The molecule has 0 aliphatic rings. The third-order valence-electron chi connectivity index (χ3n) is 1.29. The van der Waals surface area contributed by atoms with Gasteiger partial charge >= 0.3 is 5.97 Å². The predicted molar refractivity (Wildman–Crippen MR) is 50.4 cm³/mol. The summed E-state index contributed by atoms with van der Waals surface area (Å²) in [5.74, 6) is 1.74. The van der Waals surface area contributed by atoms with Gasteiger partial charge in [0.2, 0.25) is 0 Å². The first kappa shape index (κ1) is 9.55. The fourth-order valence-corrected chi connectivity index (χ4v) is 1.51. The fourth-order valence-electron chi connectivity index (χ4n) is 0.779. The molecule has 13 heavy (non-hydrogen) atoms. The van der Waals surface area contributed by atoms with Crippen LogP contribution in [-0.2, 0) is 4.74 Å². The molecule has 4 nitrogen and oxygen atoms in total. The molecule has 0 bridgehead atoms. The number of ether oxygens (including phenoxy) is 1. The van der Waals surface area contributed by atoms with Crippen LogP contribution in [0.4, 0.5) is 5.13 Å². The lowest BCUT2D eigenvalue weighted by Crippen LogP contribution is -2.04. The Morgan fingerprint density at radius 3 is 3.00 bits per heavy atom. The van der Waals surface area contributed by atoms with Gasteiger partial charge in [-0.05, 0) is 6.92 Å². The molecule has 2 N–H and O–H groups in total. The summed E-state index contributed by atoms with van der Waals surface area (Å²) in [7, 11) is 0. The molecule has 0 amide bonds. The number of hydrogen-bond acceptors (Lipinski definition) is 5. The van der Waals surface area contributed by atoms with Crippen LogP contribution in [0.3, 0.4) is 0 Å². The molecular formula is C8H8N2O2S. The minimum absolute atomic E-state index is 0.0317. The smallest absolute Gasteiger partial charge is 0.351 e. The van der Waals surface area contributed by atoms with Crippen molar-refractivity contribution in [2.75, 3.05) is 12.3 Å². The number of terminal acetylenes is 1. The number of carbonyl (C=O) groups is 1. The molecule has 1 aromatic rings. The number of anilines is 1. The van der Waals surface area contributed by atoms with Gasteiger partial charge in [0.05, 0.1) is 5.69 Å². The van der Waals surface area contributed by atoms with Crippen LogP contribution in [0, 0.1) is 19.3 Å². The number of aromatic nitrogens is 1. The zero-order chi connectivity index (χ0) is 9.84. The minimum atomic E-state index is -0.468. The fraction of sp³-hybridized carbons (Fsp3) is 0.250. The molecule has 0 radical (unpaired) electrons. The lowest BCUT2D eigenvalue weighted by molar-refractivity contribution is 0.0561. The molecular weight excluding hydrogens is 188 g/mol. The van der Waals surface area contributed by atoms with E-state index in [9.17, 15) is 4.79 Å². The van der Waals surface area contributed by atoms with Crippen molar-refractivity contribution in [1.29, 1.82) is 0 Å². The number of carbonyl (C=O) groups excluding carboxylic acids is 1. The molecule has 0 aromatic carbocycles. The first-order chi connectivity index (χ1) is 6.15. The van der Waals surface area contributed by atoms with Crippen LogP contribution in [0.5, 0.6) is 0 Å². The molecule has 0 aliphatic heterocycles. The van der Waals surface area contributed by atoms with Crippen molar-refractivity contribution in [2.24, 2.45) is 0 Å². The van der Waals surface area contributed by atoms with Gasteiger partial charge in [0.25, 0.3) is 0 Å². The third kappa shape index (κ3) is 2.20. The van der Waals surface area contributed by atoms with E-state index in [0.29, 0.717) is 15.7 Å². The van der Waals surface area contributed by atoms with E-state index in [-0.39, 0.29) is 6.61 Å². The second kappa shape index (κ2) is 3.92. The summed E-state index contributed by atoms with van der Waals surface area (Å²) >= 11 is 1.10. The summed E-state index contributed by atoms with van der Waals surface area (Å²) in [4.78, 5) is 15.5. The van der Waals surface area contributed by atoms with E-state index in [2.05, 4.69) is 10.9 Å². The van der Waals surface area contributed by atoms with Gasteiger partial charge in [-0.1, -0.05) is 17.3 Å². The van der Waals surface area contributed by atoms with Crippen LogP contribution in [0.1, 0.15) is 15.4 Å². The molecule has 5 heteroatoms. The predicted octanol–water partition coefficient (Wildman–Crippen LogP) is 0.824. The molecule has 0 aliphatic carbocycles. The Morgan fingerprint density at radius 1 is 1.85 bits per heavy atom. The van der Waals surface area contributed by atoms with Crippen LogP contribution in [-0.4, -0.2) is 17.6 Å². The summed E-state index contributed by atoms with van der Waals surface area (Å²) in [6, 6.07) is 0. The number of aryl methyl sites for hydroxylation is 1. The first-order valence-corrected chi connectivity index (χ1v) is 4.30.